The van der Waals surface area contributed by atoms with E-state index in [0.717, 1.165) is 10.5 Å². The number of hydrogen-bond acceptors (Lipinski definition) is 5. The third kappa shape index (κ3) is 9.12. The van der Waals surface area contributed by atoms with Gasteiger partial charge in [-0.05, 0) is 74.9 Å². The molecule has 0 saturated heterocycles. The van der Waals surface area contributed by atoms with Gasteiger partial charge in [-0.2, -0.15) is 13.2 Å². The summed E-state index contributed by atoms with van der Waals surface area (Å²) in [6.07, 6.45) is -4.62. The second-order valence-corrected chi connectivity index (χ2v) is 11.5. The number of anilines is 1. The SMILES string of the molecule is CC(C)Cc1ccc(COc2ccc3c(c2)CCN3C(=O)CN(CCC(=O)O)C(=O)OC(C)(C)C)c(C(F)(F)F)c1. The summed E-state index contributed by atoms with van der Waals surface area (Å²) < 4.78 is 52.3. The van der Waals surface area contributed by atoms with Gasteiger partial charge in [-0.3, -0.25) is 14.5 Å². The van der Waals surface area contributed by atoms with Gasteiger partial charge in [-0.15, -0.1) is 0 Å². The highest BCUT2D eigenvalue weighted by Crippen LogP contribution is 2.35. The van der Waals surface area contributed by atoms with E-state index in [1.165, 1.54) is 17.0 Å². The average molecular weight is 579 g/mol. The molecule has 1 aliphatic heterocycles. The van der Waals surface area contributed by atoms with Crippen LogP contribution in [0.2, 0.25) is 0 Å². The smallest absolute Gasteiger partial charge is 0.416 e. The average Bonchev–Trinajstić information content (AvgIpc) is 3.27. The molecule has 0 saturated carbocycles. The van der Waals surface area contributed by atoms with Crippen molar-refractivity contribution in [1.29, 1.82) is 0 Å². The summed E-state index contributed by atoms with van der Waals surface area (Å²) in [7, 11) is 0. The first kappa shape index (κ1) is 31.8. The highest BCUT2D eigenvalue weighted by molar-refractivity contribution is 5.98. The Hall–Kier alpha value is -3.76. The number of benzene rings is 2. The van der Waals surface area contributed by atoms with Crippen LogP contribution in [-0.2, 0) is 40.0 Å². The molecule has 0 fully saturated rings. The first-order valence-corrected chi connectivity index (χ1v) is 13.5. The topological polar surface area (TPSA) is 96.4 Å². The molecule has 0 bridgehead atoms. The van der Waals surface area contributed by atoms with Crippen LogP contribution in [0.3, 0.4) is 0 Å². The molecule has 2 aromatic carbocycles. The standard InChI is InChI=1S/C30H37F3N2O6/c1-19(2)14-20-6-7-22(24(15-20)30(31,32)33)18-40-23-8-9-25-21(16-23)10-13-35(25)26(36)17-34(12-11-27(37)38)28(39)41-29(3,4)5/h6-9,15-16,19H,10-14,17-18H2,1-5H3,(H,37,38). The van der Waals surface area contributed by atoms with E-state index in [4.69, 9.17) is 14.6 Å². The molecular weight excluding hydrogens is 541 g/mol. The Morgan fingerprint density at radius 1 is 1.07 bits per heavy atom. The molecule has 0 spiro atoms. The van der Waals surface area contributed by atoms with Gasteiger partial charge in [-0.1, -0.05) is 26.0 Å². The van der Waals surface area contributed by atoms with E-state index in [9.17, 15) is 27.6 Å². The van der Waals surface area contributed by atoms with Crippen LogP contribution in [0.4, 0.5) is 23.7 Å². The molecule has 3 rings (SSSR count). The summed E-state index contributed by atoms with van der Waals surface area (Å²) >= 11 is 0. The minimum atomic E-state index is -4.51. The van der Waals surface area contributed by atoms with Crippen molar-refractivity contribution in [3.63, 3.8) is 0 Å². The summed E-state index contributed by atoms with van der Waals surface area (Å²) in [5.74, 6) is -0.931. The molecule has 2 aromatic rings. The number of amides is 2. The maximum Gasteiger partial charge on any atom is 0.416 e. The number of aliphatic carboxylic acids is 1. The first-order valence-electron chi connectivity index (χ1n) is 13.5. The van der Waals surface area contributed by atoms with Gasteiger partial charge in [-0.25, -0.2) is 4.79 Å². The Bertz CT molecular complexity index is 1270. The fourth-order valence-corrected chi connectivity index (χ4v) is 4.54. The number of carbonyl (C=O) groups excluding carboxylic acids is 2. The fraction of sp³-hybridized carbons (Fsp3) is 0.500. The molecule has 0 unspecified atom stereocenters. The summed E-state index contributed by atoms with van der Waals surface area (Å²) in [4.78, 5) is 39.4. The van der Waals surface area contributed by atoms with Crippen LogP contribution in [0.15, 0.2) is 36.4 Å². The van der Waals surface area contributed by atoms with Crippen molar-refractivity contribution in [3.8, 4) is 5.75 Å². The van der Waals surface area contributed by atoms with Gasteiger partial charge in [0.25, 0.3) is 0 Å². The second kappa shape index (κ2) is 12.8. The number of alkyl halides is 3. The van der Waals surface area contributed by atoms with Gasteiger partial charge in [0, 0.05) is 24.3 Å². The van der Waals surface area contributed by atoms with Crippen molar-refractivity contribution < 1.29 is 42.1 Å². The molecule has 0 aromatic heterocycles. The van der Waals surface area contributed by atoms with E-state index in [2.05, 4.69) is 0 Å². The predicted molar refractivity (Wildman–Crippen MR) is 147 cm³/mol. The van der Waals surface area contributed by atoms with E-state index in [-0.39, 0.29) is 37.6 Å². The number of hydrogen-bond donors (Lipinski definition) is 1. The molecule has 1 aliphatic rings. The van der Waals surface area contributed by atoms with Crippen LogP contribution in [0.5, 0.6) is 5.75 Å². The van der Waals surface area contributed by atoms with Gasteiger partial charge >= 0.3 is 18.2 Å². The van der Waals surface area contributed by atoms with E-state index in [1.54, 1.807) is 45.0 Å². The number of carbonyl (C=O) groups is 3. The van der Waals surface area contributed by atoms with Crippen molar-refractivity contribution in [1.82, 2.24) is 4.90 Å². The molecule has 0 aliphatic carbocycles. The lowest BCUT2D eigenvalue weighted by Gasteiger charge is -2.28. The largest absolute Gasteiger partial charge is 0.489 e. The maximum atomic E-state index is 13.7. The number of nitrogens with zero attached hydrogens (tertiary/aromatic N) is 2. The molecule has 11 heteroatoms. The van der Waals surface area contributed by atoms with Gasteiger partial charge in [0.2, 0.25) is 5.91 Å². The highest BCUT2D eigenvalue weighted by Gasteiger charge is 2.34. The zero-order valence-electron chi connectivity index (χ0n) is 24.0. The van der Waals surface area contributed by atoms with Crippen molar-refractivity contribution in [2.45, 2.75) is 72.3 Å². The third-order valence-electron chi connectivity index (χ3n) is 6.34. The van der Waals surface area contributed by atoms with E-state index < -0.39 is 35.3 Å². The number of carboxylic acid groups (broad SMARTS) is 1. The molecule has 0 radical (unpaired) electrons. The van der Waals surface area contributed by atoms with Crippen molar-refractivity contribution >= 4 is 23.7 Å². The molecule has 41 heavy (non-hydrogen) atoms. The molecule has 1 heterocycles. The van der Waals surface area contributed by atoms with Gasteiger partial charge in [0.05, 0.1) is 12.0 Å². The number of fused-ring (bicyclic) bond motifs is 1. The number of carboxylic acids is 1. The van der Waals surface area contributed by atoms with E-state index >= 15 is 0 Å². The number of ether oxygens (including phenoxy) is 2. The molecule has 224 valence electrons. The minimum Gasteiger partial charge on any atom is -0.489 e. The predicted octanol–water partition coefficient (Wildman–Crippen LogP) is 6.08. The van der Waals surface area contributed by atoms with Crippen molar-refractivity contribution in [2.24, 2.45) is 5.92 Å². The Balaban J connectivity index is 1.71. The summed E-state index contributed by atoms with van der Waals surface area (Å²) in [6.45, 7) is 8.40. The molecule has 8 nitrogen and oxygen atoms in total. The second-order valence-electron chi connectivity index (χ2n) is 11.5. The Kier molecular flexibility index (Phi) is 9.94. The van der Waals surface area contributed by atoms with Crippen LogP contribution < -0.4 is 9.64 Å². The first-order chi connectivity index (χ1) is 19.0. The zero-order chi connectivity index (χ0) is 30.5. The Morgan fingerprint density at radius 2 is 1.78 bits per heavy atom. The fourth-order valence-electron chi connectivity index (χ4n) is 4.54. The normalized spacial score (nSPS) is 13.2. The Morgan fingerprint density at radius 3 is 2.39 bits per heavy atom. The Labute approximate surface area is 238 Å². The number of rotatable bonds is 10. The maximum absolute atomic E-state index is 13.7. The van der Waals surface area contributed by atoms with Crippen molar-refractivity contribution in [2.75, 3.05) is 24.5 Å². The van der Waals surface area contributed by atoms with E-state index in [1.807, 2.05) is 13.8 Å². The number of halogens is 3. The lowest BCUT2D eigenvalue weighted by atomic mass is 9.98. The molecule has 1 N–H and O–H groups in total. The lowest BCUT2D eigenvalue weighted by molar-refractivity contribution is -0.139. The van der Waals surface area contributed by atoms with E-state index in [0.29, 0.717) is 36.4 Å². The van der Waals surface area contributed by atoms with Crippen LogP contribution >= 0.6 is 0 Å². The van der Waals surface area contributed by atoms with Crippen LogP contribution in [0, 0.1) is 5.92 Å². The van der Waals surface area contributed by atoms with Crippen LogP contribution in [-0.4, -0.2) is 53.2 Å². The molecule has 2 amide bonds. The zero-order valence-corrected chi connectivity index (χ0v) is 24.0. The van der Waals surface area contributed by atoms with Gasteiger partial charge in [0.15, 0.2) is 0 Å². The van der Waals surface area contributed by atoms with Crippen LogP contribution in [0.25, 0.3) is 0 Å². The monoisotopic (exact) mass is 578 g/mol. The summed E-state index contributed by atoms with van der Waals surface area (Å²) in [6, 6.07) is 9.26. The molecular formula is C30H37F3N2O6. The minimum absolute atomic E-state index is 0.0332. The molecule has 0 atom stereocenters. The lowest BCUT2D eigenvalue weighted by Crippen LogP contribution is -2.45. The van der Waals surface area contributed by atoms with Gasteiger partial charge < -0.3 is 19.5 Å². The summed E-state index contributed by atoms with van der Waals surface area (Å²) in [5.41, 5.74) is 0.477. The van der Waals surface area contributed by atoms with Crippen LogP contribution in [0.1, 0.15) is 63.3 Å². The summed E-state index contributed by atoms with van der Waals surface area (Å²) in [5, 5.41) is 9.05. The van der Waals surface area contributed by atoms with Gasteiger partial charge in [0.1, 0.15) is 24.5 Å². The highest BCUT2D eigenvalue weighted by atomic mass is 19.4. The van der Waals surface area contributed by atoms with Crippen molar-refractivity contribution in [3.05, 3.63) is 58.7 Å². The quantitative estimate of drug-likeness (QED) is 0.367. The third-order valence-corrected chi connectivity index (χ3v) is 6.34.